The van der Waals surface area contributed by atoms with Gasteiger partial charge in [-0.2, -0.15) is 0 Å². The number of rotatable bonds is 2. The fourth-order valence-electron chi connectivity index (χ4n) is 2.54. The smallest absolute Gasteiger partial charge is 0.0755 e. The first-order valence-electron chi connectivity index (χ1n) is 6.95. The summed E-state index contributed by atoms with van der Waals surface area (Å²) in [5, 5.41) is 5.40. The van der Waals surface area contributed by atoms with Crippen LogP contribution in [0, 0.1) is 20.8 Å². The third-order valence-corrected chi connectivity index (χ3v) is 3.86. The molecule has 0 fully saturated rings. The monoisotopic (exact) mass is 296 g/mol. The summed E-state index contributed by atoms with van der Waals surface area (Å²) in [4.78, 5) is 4.65. The van der Waals surface area contributed by atoms with Crippen molar-refractivity contribution in [3.8, 4) is 0 Å². The fraction of sp³-hybridized carbons (Fsp3) is 0.167. The molecule has 0 unspecified atom stereocenters. The minimum absolute atomic E-state index is 0.754. The van der Waals surface area contributed by atoms with Crippen molar-refractivity contribution in [1.29, 1.82) is 0 Å². The van der Waals surface area contributed by atoms with Crippen LogP contribution in [0.3, 0.4) is 0 Å². The van der Waals surface area contributed by atoms with Crippen LogP contribution in [0.25, 0.3) is 10.9 Å². The summed E-state index contributed by atoms with van der Waals surface area (Å²) in [6, 6.07) is 14.2. The van der Waals surface area contributed by atoms with E-state index in [0.29, 0.717) is 0 Å². The number of hydrogen-bond donors (Lipinski definition) is 1. The highest BCUT2D eigenvalue weighted by molar-refractivity contribution is 6.30. The highest BCUT2D eigenvalue weighted by Gasteiger charge is 2.07. The molecule has 0 aliphatic heterocycles. The largest absolute Gasteiger partial charge is 0.355 e. The van der Waals surface area contributed by atoms with Gasteiger partial charge in [0.1, 0.15) is 0 Å². The molecular formula is C18H17ClN2. The molecule has 21 heavy (non-hydrogen) atoms. The Kier molecular flexibility index (Phi) is 3.56. The van der Waals surface area contributed by atoms with Crippen LogP contribution in [0.15, 0.2) is 42.5 Å². The van der Waals surface area contributed by atoms with E-state index >= 15 is 0 Å². The standard InChI is InChI=1S/C18H17ClN2/c1-11-5-4-6-15-17(10-13(3)20-18(11)15)21-16-8-7-14(19)9-12(16)2/h4-10H,1-3H3,(H,20,21). The van der Waals surface area contributed by atoms with Gasteiger partial charge in [-0.3, -0.25) is 4.98 Å². The van der Waals surface area contributed by atoms with Crippen molar-refractivity contribution in [2.24, 2.45) is 0 Å². The fourth-order valence-corrected chi connectivity index (χ4v) is 2.76. The first kappa shape index (κ1) is 13.9. The molecule has 3 aromatic rings. The highest BCUT2D eigenvalue weighted by Crippen LogP contribution is 2.30. The van der Waals surface area contributed by atoms with E-state index in [1.165, 1.54) is 5.56 Å². The first-order valence-corrected chi connectivity index (χ1v) is 7.32. The molecule has 0 saturated heterocycles. The summed E-state index contributed by atoms with van der Waals surface area (Å²) in [6.45, 7) is 6.16. The molecule has 0 amide bonds. The number of benzene rings is 2. The number of anilines is 2. The second-order valence-corrected chi connectivity index (χ2v) is 5.80. The molecule has 2 nitrogen and oxygen atoms in total. The molecule has 1 aromatic heterocycles. The van der Waals surface area contributed by atoms with Crippen molar-refractivity contribution in [3.05, 3.63) is 64.3 Å². The quantitative estimate of drug-likeness (QED) is 0.670. The number of hydrogen-bond acceptors (Lipinski definition) is 2. The van der Waals surface area contributed by atoms with E-state index in [2.05, 4.69) is 48.4 Å². The van der Waals surface area contributed by atoms with Crippen LogP contribution in [0.5, 0.6) is 0 Å². The van der Waals surface area contributed by atoms with Gasteiger partial charge >= 0.3 is 0 Å². The van der Waals surface area contributed by atoms with Gasteiger partial charge in [0, 0.05) is 27.5 Å². The molecule has 0 spiro atoms. The molecular weight excluding hydrogens is 280 g/mol. The summed E-state index contributed by atoms with van der Waals surface area (Å²) < 4.78 is 0. The van der Waals surface area contributed by atoms with E-state index in [-0.39, 0.29) is 0 Å². The number of aromatic nitrogens is 1. The van der Waals surface area contributed by atoms with Crippen molar-refractivity contribution >= 4 is 33.9 Å². The van der Waals surface area contributed by atoms with Crippen molar-refractivity contribution in [2.45, 2.75) is 20.8 Å². The Balaban J connectivity index is 2.14. The average molecular weight is 297 g/mol. The Morgan fingerprint density at radius 2 is 1.71 bits per heavy atom. The van der Waals surface area contributed by atoms with Crippen LogP contribution < -0.4 is 5.32 Å². The first-order chi connectivity index (χ1) is 10.0. The normalized spacial score (nSPS) is 10.9. The Hall–Kier alpha value is -2.06. The zero-order valence-electron chi connectivity index (χ0n) is 12.4. The molecule has 3 heteroatoms. The molecule has 1 heterocycles. The molecule has 0 aliphatic rings. The number of nitrogens with zero attached hydrogens (tertiary/aromatic N) is 1. The van der Waals surface area contributed by atoms with Crippen molar-refractivity contribution in [2.75, 3.05) is 5.32 Å². The number of pyridine rings is 1. The predicted octanol–water partition coefficient (Wildman–Crippen LogP) is 5.56. The van der Waals surface area contributed by atoms with Crippen LogP contribution in [0.1, 0.15) is 16.8 Å². The number of aryl methyl sites for hydroxylation is 3. The van der Waals surface area contributed by atoms with Gasteiger partial charge in [0.25, 0.3) is 0 Å². The van der Waals surface area contributed by atoms with E-state index in [4.69, 9.17) is 11.6 Å². The second-order valence-electron chi connectivity index (χ2n) is 5.37. The molecule has 3 rings (SSSR count). The van der Waals surface area contributed by atoms with E-state index in [9.17, 15) is 0 Å². The topological polar surface area (TPSA) is 24.9 Å². The summed E-state index contributed by atoms with van der Waals surface area (Å²) >= 11 is 6.02. The predicted molar refractivity (Wildman–Crippen MR) is 90.7 cm³/mol. The van der Waals surface area contributed by atoms with Crippen molar-refractivity contribution in [1.82, 2.24) is 4.98 Å². The Bertz CT molecular complexity index is 825. The third-order valence-electron chi connectivity index (χ3n) is 3.63. The van der Waals surface area contributed by atoms with Gasteiger partial charge in [-0.15, -0.1) is 0 Å². The van der Waals surface area contributed by atoms with Gasteiger partial charge < -0.3 is 5.32 Å². The SMILES string of the molecule is Cc1cc(Nc2ccc(Cl)cc2C)c2cccc(C)c2n1. The lowest BCUT2D eigenvalue weighted by molar-refractivity contribution is 1.24. The molecule has 0 saturated carbocycles. The van der Waals surface area contributed by atoms with Crippen LogP contribution in [-0.2, 0) is 0 Å². The molecule has 2 aromatic carbocycles. The minimum atomic E-state index is 0.754. The number of halogens is 1. The summed E-state index contributed by atoms with van der Waals surface area (Å²) in [7, 11) is 0. The zero-order valence-corrected chi connectivity index (χ0v) is 13.1. The van der Waals surface area contributed by atoms with Gasteiger partial charge in [-0.05, 0) is 56.2 Å². The van der Waals surface area contributed by atoms with Crippen molar-refractivity contribution in [3.63, 3.8) is 0 Å². The highest BCUT2D eigenvalue weighted by atomic mass is 35.5. The van der Waals surface area contributed by atoms with Gasteiger partial charge in [-0.25, -0.2) is 0 Å². The third kappa shape index (κ3) is 2.72. The minimum Gasteiger partial charge on any atom is -0.355 e. The molecule has 0 atom stereocenters. The Morgan fingerprint density at radius 1 is 0.905 bits per heavy atom. The van der Waals surface area contributed by atoms with Gasteiger partial charge in [-0.1, -0.05) is 29.8 Å². The maximum atomic E-state index is 6.02. The maximum absolute atomic E-state index is 6.02. The van der Waals surface area contributed by atoms with Crippen LogP contribution in [-0.4, -0.2) is 4.98 Å². The van der Waals surface area contributed by atoms with Gasteiger partial charge in [0.2, 0.25) is 0 Å². The molecule has 106 valence electrons. The van der Waals surface area contributed by atoms with Crippen LogP contribution in [0.4, 0.5) is 11.4 Å². The number of para-hydroxylation sites is 1. The second kappa shape index (κ2) is 5.38. The Labute approximate surface area is 129 Å². The van der Waals surface area contributed by atoms with Crippen molar-refractivity contribution < 1.29 is 0 Å². The molecule has 0 radical (unpaired) electrons. The summed E-state index contributed by atoms with van der Waals surface area (Å²) in [5.74, 6) is 0. The lowest BCUT2D eigenvalue weighted by Gasteiger charge is -2.14. The van der Waals surface area contributed by atoms with Gasteiger partial charge in [0.15, 0.2) is 0 Å². The van der Waals surface area contributed by atoms with E-state index in [1.54, 1.807) is 0 Å². The molecule has 1 N–H and O–H groups in total. The average Bonchev–Trinajstić information content (AvgIpc) is 2.43. The van der Waals surface area contributed by atoms with Crippen LogP contribution >= 0.6 is 11.6 Å². The van der Waals surface area contributed by atoms with Crippen LogP contribution in [0.2, 0.25) is 5.02 Å². The molecule has 0 bridgehead atoms. The lowest BCUT2D eigenvalue weighted by atomic mass is 10.1. The van der Waals surface area contributed by atoms with E-state index in [1.807, 2.05) is 25.1 Å². The summed E-state index contributed by atoms with van der Waals surface area (Å²) in [5.41, 5.74) is 6.50. The molecule has 0 aliphatic carbocycles. The van der Waals surface area contributed by atoms with Gasteiger partial charge in [0.05, 0.1) is 5.52 Å². The van der Waals surface area contributed by atoms with E-state index in [0.717, 1.165) is 38.6 Å². The summed E-state index contributed by atoms with van der Waals surface area (Å²) in [6.07, 6.45) is 0. The zero-order chi connectivity index (χ0) is 15.0. The lowest BCUT2D eigenvalue weighted by Crippen LogP contribution is -1.97. The maximum Gasteiger partial charge on any atom is 0.0755 e. The Morgan fingerprint density at radius 3 is 2.48 bits per heavy atom. The number of fused-ring (bicyclic) bond motifs is 1. The van der Waals surface area contributed by atoms with E-state index < -0.39 is 0 Å². The number of nitrogens with one attached hydrogen (secondary N) is 1.